The summed E-state index contributed by atoms with van der Waals surface area (Å²) in [4.78, 5) is 16.4. The molecule has 4 nitrogen and oxygen atoms in total. The van der Waals surface area contributed by atoms with Crippen molar-refractivity contribution in [2.24, 2.45) is 0 Å². The zero-order valence-corrected chi connectivity index (χ0v) is 12.5. The van der Waals surface area contributed by atoms with Gasteiger partial charge in [0.1, 0.15) is 5.75 Å². The first kappa shape index (κ1) is 14.4. The van der Waals surface area contributed by atoms with E-state index in [1.807, 2.05) is 36.4 Å². The Bertz CT molecular complexity index is 601. The van der Waals surface area contributed by atoms with Gasteiger partial charge < -0.3 is 14.5 Å². The topological polar surface area (TPSA) is 32.8 Å². The number of carbonyl (C=O) groups is 1. The average Bonchev–Trinajstić information content (AvgIpc) is 2.83. The molecule has 0 aliphatic carbocycles. The van der Waals surface area contributed by atoms with E-state index in [1.165, 1.54) is 5.69 Å². The van der Waals surface area contributed by atoms with Crippen LogP contribution in [0.1, 0.15) is 6.42 Å². The lowest BCUT2D eigenvalue weighted by molar-refractivity contribution is 0.155. The summed E-state index contributed by atoms with van der Waals surface area (Å²) in [6.45, 7) is 3.20. The summed E-state index contributed by atoms with van der Waals surface area (Å²) in [5.41, 5.74) is 1.21. The summed E-state index contributed by atoms with van der Waals surface area (Å²) >= 11 is 0. The van der Waals surface area contributed by atoms with E-state index < -0.39 is 0 Å². The summed E-state index contributed by atoms with van der Waals surface area (Å²) in [5.74, 6) is 0.594. The van der Waals surface area contributed by atoms with Gasteiger partial charge in [-0.05, 0) is 30.7 Å². The highest BCUT2D eigenvalue weighted by Crippen LogP contribution is 2.17. The van der Waals surface area contributed by atoms with Crippen molar-refractivity contribution in [3.8, 4) is 5.75 Å². The highest BCUT2D eigenvalue weighted by molar-refractivity contribution is 5.70. The second-order valence-electron chi connectivity index (χ2n) is 5.34. The molecule has 1 heterocycles. The van der Waals surface area contributed by atoms with E-state index in [0.29, 0.717) is 12.3 Å². The largest absolute Gasteiger partial charge is 0.415 e. The molecule has 2 aromatic rings. The first-order valence-corrected chi connectivity index (χ1v) is 7.65. The van der Waals surface area contributed by atoms with Gasteiger partial charge in [-0.1, -0.05) is 36.4 Å². The first-order chi connectivity index (χ1) is 10.8. The zero-order chi connectivity index (χ0) is 15.2. The van der Waals surface area contributed by atoms with Gasteiger partial charge in [-0.3, -0.25) is 0 Å². The van der Waals surface area contributed by atoms with Gasteiger partial charge in [-0.15, -0.1) is 0 Å². The Labute approximate surface area is 130 Å². The molecule has 0 aromatic heterocycles. The smallest absolute Gasteiger partial charge is 0.410 e. The molecule has 0 spiro atoms. The molecule has 0 unspecified atom stereocenters. The number of rotatable bonds is 2. The van der Waals surface area contributed by atoms with Crippen LogP contribution in [-0.4, -0.2) is 37.2 Å². The van der Waals surface area contributed by atoms with Crippen LogP contribution in [0.25, 0.3) is 0 Å². The van der Waals surface area contributed by atoms with Crippen LogP contribution in [0.2, 0.25) is 0 Å². The Hall–Kier alpha value is -2.49. The van der Waals surface area contributed by atoms with Gasteiger partial charge in [0.25, 0.3) is 0 Å². The molecule has 1 saturated heterocycles. The molecule has 1 amide bonds. The van der Waals surface area contributed by atoms with Gasteiger partial charge in [0.05, 0.1) is 0 Å². The fourth-order valence-corrected chi connectivity index (χ4v) is 2.65. The van der Waals surface area contributed by atoms with E-state index in [4.69, 9.17) is 4.74 Å². The van der Waals surface area contributed by atoms with Crippen molar-refractivity contribution >= 4 is 11.8 Å². The van der Waals surface area contributed by atoms with Gasteiger partial charge >= 0.3 is 6.09 Å². The number of benzene rings is 2. The van der Waals surface area contributed by atoms with Crippen molar-refractivity contribution in [1.82, 2.24) is 4.90 Å². The third-order valence-corrected chi connectivity index (χ3v) is 3.82. The second-order valence-corrected chi connectivity index (χ2v) is 5.34. The number of para-hydroxylation sites is 2. The van der Waals surface area contributed by atoms with Gasteiger partial charge in [0.15, 0.2) is 0 Å². The molecule has 0 N–H and O–H groups in total. The number of ether oxygens (including phenoxy) is 1. The average molecular weight is 296 g/mol. The molecule has 0 atom stereocenters. The summed E-state index contributed by atoms with van der Waals surface area (Å²) in [5, 5.41) is 0. The van der Waals surface area contributed by atoms with E-state index in [9.17, 15) is 4.79 Å². The summed E-state index contributed by atoms with van der Waals surface area (Å²) in [6.07, 6.45) is 0.680. The third kappa shape index (κ3) is 3.58. The van der Waals surface area contributed by atoms with Crippen molar-refractivity contribution in [2.45, 2.75) is 6.42 Å². The second kappa shape index (κ2) is 6.98. The standard InChI is InChI=1S/C18H20N2O2/c21-18(22-17-10-5-2-6-11-17)20-13-7-12-19(14-15-20)16-8-3-1-4-9-16/h1-6,8-11H,7,12-15H2. The summed E-state index contributed by atoms with van der Waals surface area (Å²) in [6, 6.07) is 19.5. The monoisotopic (exact) mass is 296 g/mol. The Morgan fingerprint density at radius 3 is 2.23 bits per heavy atom. The molecule has 4 heteroatoms. The van der Waals surface area contributed by atoms with Gasteiger partial charge in [0.2, 0.25) is 0 Å². The SMILES string of the molecule is O=C(Oc1ccccc1)N1CCCN(c2ccccc2)CC1. The van der Waals surface area contributed by atoms with E-state index in [0.717, 1.165) is 26.1 Å². The minimum absolute atomic E-state index is 0.263. The Balaban J connectivity index is 1.59. The van der Waals surface area contributed by atoms with E-state index in [-0.39, 0.29) is 6.09 Å². The number of hydrogen-bond acceptors (Lipinski definition) is 3. The van der Waals surface area contributed by atoms with Crippen LogP contribution in [0.15, 0.2) is 60.7 Å². The number of anilines is 1. The van der Waals surface area contributed by atoms with Gasteiger partial charge in [-0.2, -0.15) is 0 Å². The molecule has 0 bridgehead atoms. The van der Waals surface area contributed by atoms with Crippen LogP contribution >= 0.6 is 0 Å². The molecule has 1 aliphatic heterocycles. The Morgan fingerprint density at radius 1 is 0.818 bits per heavy atom. The molecule has 1 fully saturated rings. The predicted octanol–water partition coefficient (Wildman–Crippen LogP) is 3.40. The molecular formula is C18H20N2O2. The maximum atomic E-state index is 12.2. The molecule has 2 aromatic carbocycles. The highest BCUT2D eigenvalue weighted by Gasteiger charge is 2.20. The number of carbonyl (C=O) groups excluding carboxylic acids is 1. The van der Waals surface area contributed by atoms with Crippen LogP contribution in [0.4, 0.5) is 10.5 Å². The van der Waals surface area contributed by atoms with E-state index in [2.05, 4.69) is 17.0 Å². The molecule has 0 radical (unpaired) electrons. The van der Waals surface area contributed by atoms with Crippen molar-refractivity contribution in [2.75, 3.05) is 31.1 Å². The normalized spacial score (nSPS) is 15.3. The lowest BCUT2D eigenvalue weighted by atomic mass is 10.3. The quantitative estimate of drug-likeness (QED) is 0.851. The van der Waals surface area contributed by atoms with Gasteiger partial charge in [-0.25, -0.2) is 4.79 Å². The molecular weight excluding hydrogens is 276 g/mol. The number of hydrogen-bond donors (Lipinski definition) is 0. The molecule has 0 saturated carbocycles. The minimum Gasteiger partial charge on any atom is -0.410 e. The predicted molar refractivity (Wildman–Crippen MR) is 87.3 cm³/mol. The minimum atomic E-state index is -0.263. The summed E-state index contributed by atoms with van der Waals surface area (Å²) < 4.78 is 5.42. The van der Waals surface area contributed by atoms with Crippen LogP contribution < -0.4 is 9.64 Å². The van der Waals surface area contributed by atoms with Gasteiger partial charge in [0, 0.05) is 31.9 Å². The molecule has 3 rings (SSSR count). The van der Waals surface area contributed by atoms with Crippen LogP contribution in [-0.2, 0) is 0 Å². The van der Waals surface area contributed by atoms with Crippen molar-refractivity contribution in [1.29, 1.82) is 0 Å². The summed E-state index contributed by atoms with van der Waals surface area (Å²) in [7, 11) is 0. The highest BCUT2D eigenvalue weighted by atomic mass is 16.6. The van der Waals surface area contributed by atoms with Crippen LogP contribution in [0, 0.1) is 0 Å². The zero-order valence-electron chi connectivity index (χ0n) is 12.5. The Morgan fingerprint density at radius 2 is 1.50 bits per heavy atom. The lowest BCUT2D eigenvalue weighted by Gasteiger charge is -2.23. The van der Waals surface area contributed by atoms with Crippen molar-refractivity contribution in [3.05, 3.63) is 60.7 Å². The fourth-order valence-electron chi connectivity index (χ4n) is 2.65. The van der Waals surface area contributed by atoms with Crippen molar-refractivity contribution < 1.29 is 9.53 Å². The van der Waals surface area contributed by atoms with Crippen LogP contribution in [0.3, 0.4) is 0 Å². The lowest BCUT2D eigenvalue weighted by Crippen LogP contribution is -2.37. The fraction of sp³-hybridized carbons (Fsp3) is 0.278. The maximum absolute atomic E-state index is 12.2. The molecule has 114 valence electrons. The third-order valence-electron chi connectivity index (χ3n) is 3.82. The van der Waals surface area contributed by atoms with E-state index in [1.54, 1.807) is 17.0 Å². The van der Waals surface area contributed by atoms with E-state index >= 15 is 0 Å². The van der Waals surface area contributed by atoms with Crippen LogP contribution in [0.5, 0.6) is 5.75 Å². The van der Waals surface area contributed by atoms with Crippen molar-refractivity contribution in [3.63, 3.8) is 0 Å². The number of amides is 1. The first-order valence-electron chi connectivity index (χ1n) is 7.65. The Kier molecular flexibility index (Phi) is 4.59. The number of nitrogens with zero attached hydrogens (tertiary/aromatic N) is 2. The molecule has 22 heavy (non-hydrogen) atoms. The maximum Gasteiger partial charge on any atom is 0.415 e. The molecule has 1 aliphatic rings.